The van der Waals surface area contributed by atoms with Gasteiger partial charge >= 0.3 is 0 Å². The van der Waals surface area contributed by atoms with E-state index in [0.29, 0.717) is 17.1 Å². The number of nitrogens with zero attached hydrogens (tertiary/aromatic N) is 1. The fourth-order valence-electron chi connectivity index (χ4n) is 3.22. The van der Waals surface area contributed by atoms with E-state index in [9.17, 15) is 10.1 Å². The van der Waals surface area contributed by atoms with Crippen LogP contribution >= 0.6 is 0 Å². The molecule has 0 spiro atoms. The van der Waals surface area contributed by atoms with Crippen LogP contribution in [-0.2, 0) is 9.47 Å². The maximum absolute atomic E-state index is 11.9. The van der Waals surface area contributed by atoms with Gasteiger partial charge in [-0.2, -0.15) is 0 Å². The van der Waals surface area contributed by atoms with Crippen LogP contribution in [0.2, 0.25) is 0 Å². The summed E-state index contributed by atoms with van der Waals surface area (Å²) < 4.78 is 20.7. The van der Waals surface area contributed by atoms with Gasteiger partial charge in [-0.3, -0.25) is 10.1 Å². The lowest BCUT2D eigenvalue weighted by Crippen LogP contribution is -2.08. The van der Waals surface area contributed by atoms with Crippen molar-refractivity contribution in [2.24, 2.45) is 0 Å². The molecule has 30 heavy (non-hydrogen) atoms. The summed E-state index contributed by atoms with van der Waals surface area (Å²) in [6.45, 7) is 0.164. The van der Waals surface area contributed by atoms with Crippen molar-refractivity contribution in [1.82, 2.24) is 0 Å². The van der Waals surface area contributed by atoms with Crippen molar-refractivity contribution in [3.8, 4) is 11.5 Å². The van der Waals surface area contributed by atoms with E-state index in [1.807, 2.05) is 54.6 Å². The summed E-state index contributed by atoms with van der Waals surface area (Å²) >= 11 is 0. The van der Waals surface area contributed by atoms with Crippen LogP contribution < -0.4 is 9.47 Å². The van der Waals surface area contributed by atoms with E-state index in [0.717, 1.165) is 11.1 Å². The molecule has 0 heterocycles. The van der Waals surface area contributed by atoms with Crippen molar-refractivity contribution in [1.29, 1.82) is 0 Å². The van der Waals surface area contributed by atoms with E-state index in [1.54, 1.807) is 19.2 Å². The van der Waals surface area contributed by atoms with Crippen LogP contribution in [0.4, 0.5) is 5.69 Å². The average Bonchev–Trinajstić information content (AvgIpc) is 2.78. The zero-order valence-corrected chi connectivity index (χ0v) is 16.8. The normalized spacial score (nSPS) is 11.7. The molecular formula is C23H23NO6. The first-order valence-corrected chi connectivity index (χ1v) is 9.30. The molecule has 0 fully saturated rings. The molecule has 0 bridgehead atoms. The van der Waals surface area contributed by atoms with Gasteiger partial charge in [0.1, 0.15) is 11.5 Å². The van der Waals surface area contributed by atoms with Crippen molar-refractivity contribution in [2.45, 2.75) is 5.92 Å². The minimum Gasteiger partial charge on any atom is -0.468 e. The molecule has 3 rings (SSSR count). The molecule has 7 heteroatoms. The maximum atomic E-state index is 11.9. The number of ether oxygens (including phenoxy) is 4. The molecule has 0 radical (unpaired) electrons. The van der Waals surface area contributed by atoms with Crippen LogP contribution in [0.15, 0.2) is 72.8 Å². The SMILES string of the molecule is COCOc1ccc(C(c2ccccc2)c2ccc(OCOC)cc2[N+](=O)[O-])cc1. The van der Waals surface area contributed by atoms with E-state index in [-0.39, 0.29) is 30.1 Å². The molecular weight excluding hydrogens is 386 g/mol. The molecule has 1 atom stereocenters. The van der Waals surface area contributed by atoms with Crippen LogP contribution in [-0.4, -0.2) is 32.7 Å². The van der Waals surface area contributed by atoms with Gasteiger partial charge in [0.15, 0.2) is 13.6 Å². The Morgan fingerprint density at radius 2 is 1.37 bits per heavy atom. The number of nitro benzene ring substituents is 1. The molecule has 0 aromatic heterocycles. The van der Waals surface area contributed by atoms with Crippen molar-refractivity contribution in [3.05, 3.63) is 99.6 Å². The summed E-state index contributed by atoms with van der Waals surface area (Å²) in [4.78, 5) is 11.5. The van der Waals surface area contributed by atoms with E-state index in [2.05, 4.69) is 0 Å². The first kappa shape index (κ1) is 21.3. The minimum atomic E-state index is -0.388. The molecule has 0 aliphatic rings. The number of benzene rings is 3. The Morgan fingerprint density at radius 3 is 1.97 bits per heavy atom. The van der Waals surface area contributed by atoms with Crippen LogP contribution in [0.1, 0.15) is 22.6 Å². The zero-order chi connectivity index (χ0) is 21.3. The Balaban J connectivity index is 2.06. The van der Waals surface area contributed by atoms with Crippen LogP contribution in [0.25, 0.3) is 0 Å². The summed E-state index contributed by atoms with van der Waals surface area (Å²) in [5.41, 5.74) is 2.40. The van der Waals surface area contributed by atoms with Gasteiger partial charge in [0.25, 0.3) is 5.69 Å². The highest BCUT2D eigenvalue weighted by Gasteiger charge is 2.26. The Labute approximate surface area is 174 Å². The lowest BCUT2D eigenvalue weighted by atomic mass is 9.84. The monoisotopic (exact) mass is 409 g/mol. The fourth-order valence-corrected chi connectivity index (χ4v) is 3.22. The second kappa shape index (κ2) is 10.4. The predicted molar refractivity (Wildman–Crippen MR) is 112 cm³/mol. The Bertz CT molecular complexity index is 959. The third-order valence-electron chi connectivity index (χ3n) is 4.54. The van der Waals surface area contributed by atoms with Gasteiger partial charge in [-0.15, -0.1) is 0 Å². The van der Waals surface area contributed by atoms with Crippen LogP contribution in [0.5, 0.6) is 11.5 Å². The molecule has 0 saturated heterocycles. The third kappa shape index (κ3) is 5.14. The molecule has 3 aromatic carbocycles. The van der Waals surface area contributed by atoms with Gasteiger partial charge < -0.3 is 18.9 Å². The van der Waals surface area contributed by atoms with E-state index >= 15 is 0 Å². The molecule has 3 aromatic rings. The lowest BCUT2D eigenvalue weighted by Gasteiger charge is -2.20. The van der Waals surface area contributed by atoms with Crippen molar-refractivity contribution in [2.75, 3.05) is 27.8 Å². The number of hydrogen-bond acceptors (Lipinski definition) is 6. The van der Waals surface area contributed by atoms with Gasteiger partial charge in [-0.05, 0) is 35.4 Å². The molecule has 0 aliphatic carbocycles. The summed E-state index contributed by atoms with van der Waals surface area (Å²) in [5, 5.41) is 11.9. The van der Waals surface area contributed by atoms with Gasteiger partial charge in [-0.1, -0.05) is 42.5 Å². The minimum absolute atomic E-state index is 0.0154. The molecule has 156 valence electrons. The van der Waals surface area contributed by atoms with Gasteiger partial charge in [0, 0.05) is 25.7 Å². The predicted octanol–water partition coefficient (Wildman–Crippen LogP) is 4.74. The van der Waals surface area contributed by atoms with Crippen LogP contribution in [0, 0.1) is 10.1 Å². The molecule has 7 nitrogen and oxygen atoms in total. The lowest BCUT2D eigenvalue weighted by molar-refractivity contribution is -0.385. The Morgan fingerprint density at radius 1 is 0.800 bits per heavy atom. The number of methoxy groups -OCH3 is 2. The van der Waals surface area contributed by atoms with Gasteiger partial charge in [0.05, 0.1) is 11.0 Å². The van der Waals surface area contributed by atoms with E-state index in [1.165, 1.54) is 13.2 Å². The van der Waals surface area contributed by atoms with Crippen LogP contribution in [0.3, 0.4) is 0 Å². The summed E-state index contributed by atoms with van der Waals surface area (Å²) in [6.07, 6.45) is 0. The maximum Gasteiger partial charge on any atom is 0.277 e. The average molecular weight is 409 g/mol. The third-order valence-corrected chi connectivity index (χ3v) is 4.54. The smallest absolute Gasteiger partial charge is 0.277 e. The number of rotatable bonds is 10. The van der Waals surface area contributed by atoms with E-state index in [4.69, 9.17) is 18.9 Å². The van der Waals surface area contributed by atoms with Gasteiger partial charge in [-0.25, -0.2) is 0 Å². The number of hydrogen-bond donors (Lipinski definition) is 0. The fraction of sp³-hybridized carbons (Fsp3) is 0.217. The molecule has 0 N–H and O–H groups in total. The van der Waals surface area contributed by atoms with E-state index < -0.39 is 0 Å². The second-order valence-electron chi connectivity index (χ2n) is 6.49. The molecule has 0 saturated carbocycles. The molecule has 0 aliphatic heterocycles. The number of nitro groups is 1. The highest BCUT2D eigenvalue weighted by atomic mass is 16.7. The van der Waals surface area contributed by atoms with Gasteiger partial charge in [0.2, 0.25) is 0 Å². The quantitative estimate of drug-likeness (QED) is 0.208. The largest absolute Gasteiger partial charge is 0.468 e. The molecule has 0 amide bonds. The Kier molecular flexibility index (Phi) is 7.37. The highest BCUT2D eigenvalue weighted by Crippen LogP contribution is 2.39. The second-order valence-corrected chi connectivity index (χ2v) is 6.49. The summed E-state index contributed by atoms with van der Waals surface area (Å²) in [6, 6.07) is 22.0. The highest BCUT2D eigenvalue weighted by molar-refractivity contribution is 5.55. The van der Waals surface area contributed by atoms with Crippen molar-refractivity contribution in [3.63, 3.8) is 0 Å². The Hall–Kier alpha value is -3.42. The first-order chi connectivity index (χ1) is 14.6. The molecule has 1 unspecified atom stereocenters. The standard InChI is InChI=1S/C23H23NO6/c1-27-15-29-19-10-8-18(9-11-19)23(17-6-4-3-5-7-17)21-13-12-20(30-16-28-2)14-22(21)24(25)26/h3-14,23H,15-16H2,1-2H3. The summed E-state index contributed by atoms with van der Waals surface area (Å²) in [5.74, 6) is 0.701. The zero-order valence-electron chi connectivity index (χ0n) is 16.8. The first-order valence-electron chi connectivity index (χ1n) is 9.30. The summed E-state index contributed by atoms with van der Waals surface area (Å²) in [7, 11) is 3.05. The van der Waals surface area contributed by atoms with Crippen molar-refractivity contribution < 1.29 is 23.9 Å². The van der Waals surface area contributed by atoms with Crippen molar-refractivity contribution >= 4 is 5.69 Å². The topological polar surface area (TPSA) is 80.1 Å².